The molecular weight excluding hydrogens is 562 g/mol. The first-order valence-corrected chi connectivity index (χ1v) is 13.1. The summed E-state index contributed by atoms with van der Waals surface area (Å²) in [5, 5.41) is 48.9. The third-order valence-corrected chi connectivity index (χ3v) is 5.89. The van der Waals surface area contributed by atoms with E-state index in [2.05, 4.69) is 26.6 Å². The van der Waals surface area contributed by atoms with Gasteiger partial charge in [0, 0.05) is 13.3 Å². The molecule has 6 atom stereocenters. The predicted molar refractivity (Wildman–Crippen MR) is 143 cm³/mol. The smallest absolute Gasteiger partial charge is 0.326 e. The molecule has 0 aromatic rings. The zero-order valence-electron chi connectivity index (χ0n) is 24.3. The van der Waals surface area contributed by atoms with Crippen LogP contribution in [0.4, 0.5) is 0 Å². The second-order valence-corrected chi connectivity index (χ2v) is 10.4. The highest BCUT2D eigenvalue weighted by atomic mass is 16.4. The summed E-state index contributed by atoms with van der Waals surface area (Å²) >= 11 is 0. The van der Waals surface area contributed by atoms with E-state index in [1.165, 1.54) is 20.8 Å². The highest BCUT2D eigenvalue weighted by Gasteiger charge is 2.35. The van der Waals surface area contributed by atoms with Crippen molar-refractivity contribution in [3.05, 3.63) is 0 Å². The largest absolute Gasteiger partial charge is 0.481 e. The molecule has 9 N–H and O–H groups in total. The van der Waals surface area contributed by atoms with Gasteiger partial charge in [-0.05, 0) is 25.2 Å². The first-order chi connectivity index (χ1) is 19.3. The van der Waals surface area contributed by atoms with Crippen LogP contribution in [0.2, 0.25) is 0 Å². The molecule has 0 heterocycles. The molecule has 17 heteroatoms. The van der Waals surface area contributed by atoms with Crippen molar-refractivity contribution in [1.29, 1.82) is 0 Å². The molecule has 0 saturated heterocycles. The van der Waals surface area contributed by atoms with Crippen molar-refractivity contribution in [2.45, 2.75) is 97.1 Å². The summed E-state index contributed by atoms with van der Waals surface area (Å²) in [4.78, 5) is 97.0. The van der Waals surface area contributed by atoms with E-state index in [-0.39, 0.29) is 0 Å². The van der Waals surface area contributed by atoms with E-state index in [4.69, 9.17) is 5.11 Å². The molecule has 0 rings (SSSR count). The van der Waals surface area contributed by atoms with Crippen molar-refractivity contribution in [1.82, 2.24) is 26.6 Å². The van der Waals surface area contributed by atoms with Gasteiger partial charge < -0.3 is 47.0 Å². The molecule has 0 radical (unpaired) electrons. The SMILES string of the molecule is CC(=O)N[C@H](C(=O)N[C@@H](CCC(=O)O)C(=O)N[C@H](C(=O)N[C@@H](CC(=O)O)C(=O)N[C@H](C(=O)O)C(C)C)[C@@H](C)O)C(C)C. The number of nitrogens with one attached hydrogen (secondary N) is 5. The van der Waals surface area contributed by atoms with Crippen LogP contribution in [0, 0.1) is 11.8 Å². The number of rotatable bonds is 18. The van der Waals surface area contributed by atoms with Gasteiger partial charge in [-0.2, -0.15) is 0 Å². The van der Waals surface area contributed by atoms with Crippen molar-refractivity contribution >= 4 is 47.4 Å². The summed E-state index contributed by atoms with van der Waals surface area (Å²) in [7, 11) is 0. The molecule has 42 heavy (non-hydrogen) atoms. The number of aliphatic hydroxyl groups is 1. The molecule has 17 nitrogen and oxygen atoms in total. The Kier molecular flexibility index (Phi) is 15.7. The van der Waals surface area contributed by atoms with Gasteiger partial charge in [-0.15, -0.1) is 0 Å². The maximum atomic E-state index is 13.1. The first kappa shape index (κ1) is 37.7. The Morgan fingerprint density at radius 3 is 1.43 bits per heavy atom. The quantitative estimate of drug-likeness (QED) is 0.0789. The van der Waals surface area contributed by atoms with E-state index in [9.17, 15) is 53.7 Å². The van der Waals surface area contributed by atoms with Crippen molar-refractivity contribution < 1.29 is 58.8 Å². The van der Waals surface area contributed by atoms with Gasteiger partial charge in [0.05, 0.1) is 12.5 Å². The molecule has 0 aromatic heterocycles. The van der Waals surface area contributed by atoms with E-state index < -0.39 is 115 Å². The summed E-state index contributed by atoms with van der Waals surface area (Å²) in [6, 6.07) is -7.67. The first-order valence-electron chi connectivity index (χ1n) is 13.1. The molecule has 0 unspecified atom stereocenters. The van der Waals surface area contributed by atoms with Gasteiger partial charge in [-0.3, -0.25) is 33.6 Å². The van der Waals surface area contributed by atoms with Crippen molar-refractivity contribution in [2.24, 2.45) is 11.8 Å². The number of hydrogen-bond donors (Lipinski definition) is 9. The molecule has 0 fully saturated rings. The molecule has 0 bridgehead atoms. The number of carboxylic acid groups (broad SMARTS) is 3. The minimum Gasteiger partial charge on any atom is -0.481 e. The second-order valence-electron chi connectivity index (χ2n) is 10.4. The third-order valence-electron chi connectivity index (χ3n) is 5.89. The molecule has 0 aliphatic heterocycles. The van der Waals surface area contributed by atoms with Crippen molar-refractivity contribution in [2.75, 3.05) is 0 Å². The summed E-state index contributed by atoms with van der Waals surface area (Å²) < 4.78 is 0. The van der Waals surface area contributed by atoms with Gasteiger partial charge >= 0.3 is 17.9 Å². The lowest BCUT2D eigenvalue weighted by Crippen LogP contribution is -2.61. The number of carbonyl (C=O) groups is 8. The molecule has 0 aliphatic rings. The van der Waals surface area contributed by atoms with Gasteiger partial charge in [0.2, 0.25) is 29.5 Å². The number of carbonyl (C=O) groups excluding carboxylic acids is 5. The van der Waals surface area contributed by atoms with E-state index in [0.717, 1.165) is 6.92 Å². The lowest BCUT2D eigenvalue weighted by atomic mass is 10.0. The maximum Gasteiger partial charge on any atom is 0.326 e. The maximum absolute atomic E-state index is 13.1. The number of aliphatic carboxylic acids is 3. The van der Waals surface area contributed by atoms with Gasteiger partial charge in [0.1, 0.15) is 30.2 Å². The highest BCUT2D eigenvalue weighted by Crippen LogP contribution is 2.08. The molecule has 0 aromatic carbocycles. The molecule has 5 amide bonds. The molecular formula is C25H41N5O12. The zero-order valence-corrected chi connectivity index (χ0v) is 24.3. The van der Waals surface area contributed by atoms with E-state index in [1.807, 2.05) is 0 Å². The summed E-state index contributed by atoms with van der Waals surface area (Å²) in [5.41, 5.74) is 0. The average molecular weight is 604 g/mol. The summed E-state index contributed by atoms with van der Waals surface area (Å²) in [6.45, 7) is 8.47. The Balaban J connectivity index is 5.98. The molecule has 0 spiro atoms. The van der Waals surface area contributed by atoms with Crippen molar-refractivity contribution in [3.63, 3.8) is 0 Å². The summed E-state index contributed by atoms with van der Waals surface area (Å²) in [6.07, 6.45) is -3.64. The minimum absolute atomic E-state index is 0.429. The molecule has 0 aliphatic carbocycles. The lowest BCUT2D eigenvalue weighted by molar-refractivity contribution is -0.145. The second kappa shape index (κ2) is 17.5. The van der Waals surface area contributed by atoms with Gasteiger partial charge in [-0.1, -0.05) is 27.7 Å². The monoisotopic (exact) mass is 603 g/mol. The number of carboxylic acids is 3. The number of aliphatic hydroxyl groups excluding tert-OH is 1. The molecule has 238 valence electrons. The highest BCUT2D eigenvalue weighted by molar-refractivity contribution is 5.97. The Hall–Kier alpha value is -4.28. The van der Waals surface area contributed by atoms with Crippen LogP contribution in [0.3, 0.4) is 0 Å². The lowest BCUT2D eigenvalue weighted by Gasteiger charge is -2.28. The Morgan fingerprint density at radius 2 is 1.02 bits per heavy atom. The fourth-order valence-electron chi connectivity index (χ4n) is 3.62. The topological polar surface area (TPSA) is 278 Å². The van der Waals surface area contributed by atoms with Crippen molar-refractivity contribution in [3.8, 4) is 0 Å². The molecule has 0 saturated carbocycles. The van der Waals surface area contributed by atoms with Gasteiger partial charge in [0.25, 0.3) is 0 Å². The van der Waals surface area contributed by atoms with Gasteiger partial charge in [-0.25, -0.2) is 4.79 Å². The number of amides is 5. The van der Waals surface area contributed by atoms with E-state index in [1.54, 1.807) is 13.8 Å². The Bertz CT molecular complexity index is 1030. The zero-order chi connectivity index (χ0) is 32.9. The van der Waals surface area contributed by atoms with Crippen LogP contribution in [0.25, 0.3) is 0 Å². The minimum atomic E-state index is -1.82. The normalized spacial score (nSPS) is 15.3. The van der Waals surface area contributed by atoms with Crippen LogP contribution in [-0.2, 0) is 38.4 Å². The van der Waals surface area contributed by atoms with E-state index >= 15 is 0 Å². The van der Waals surface area contributed by atoms with E-state index in [0.29, 0.717) is 0 Å². The Morgan fingerprint density at radius 1 is 0.571 bits per heavy atom. The van der Waals surface area contributed by atoms with Crippen LogP contribution in [0.5, 0.6) is 0 Å². The number of hydrogen-bond acceptors (Lipinski definition) is 9. The third kappa shape index (κ3) is 13.4. The standard InChI is InChI=1S/C25H41N5O12/c1-10(2)18(26-13(6)32)23(39)27-14(7-8-16(33)34)21(37)30-20(12(5)31)24(40)28-15(9-17(35)36)22(38)29-19(11(3)4)25(41)42/h10-12,14-15,18-20,31H,7-9H2,1-6H3,(H,26,32)(H,27,39)(H,28,40)(H,29,38)(H,30,37)(H,33,34)(H,35,36)(H,41,42)/t12-,14+,15+,18+,19+,20+/m1/s1. The van der Waals surface area contributed by atoms with Crippen LogP contribution in [0.1, 0.15) is 60.8 Å². The van der Waals surface area contributed by atoms with Gasteiger partial charge in [0.15, 0.2) is 0 Å². The predicted octanol–water partition coefficient (Wildman–Crippen LogP) is -2.45. The fraction of sp³-hybridized carbons (Fsp3) is 0.680. The summed E-state index contributed by atoms with van der Waals surface area (Å²) in [5.74, 6) is -10.1. The van der Waals surface area contributed by atoms with Crippen LogP contribution in [-0.4, -0.2) is 104 Å². The Labute approximate surface area is 242 Å². The fourth-order valence-corrected chi connectivity index (χ4v) is 3.62. The van der Waals surface area contributed by atoms with Crippen LogP contribution < -0.4 is 26.6 Å². The van der Waals surface area contributed by atoms with Crippen LogP contribution in [0.15, 0.2) is 0 Å². The van der Waals surface area contributed by atoms with Crippen LogP contribution >= 0.6 is 0 Å². The average Bonchev–Trinajstić information content (AvgIpc) is 2.84.